The van der Waals surface area contributed by atoms with Gasteiger partial charge in [-0.3, -0.25) is 4.79 Å². The lowest BCUT2D eigenvalue weighted by atomic mass is 9.98. The molecule has 1 amide bonds. The van der Waals surface area contributed by atoms with Gasteiger partial charge in [0.2, 0.25) is 5.88 Å². The summed E-state index contributed by atoms with van der Waals surface area (Å²) in [7, 11) is 1.54. The van der Waals surface area contributed by atoms with E-state index >= 15 is 0 Å². The van der Waals surface area contributed by atoms with Crippen LogP contribution in [0.1, 0.15) is 21.5 Å². The molecule has 0 unspecified atom stereocenters. The number of nitrogens with zero attached hydrogens (tertiary/aromatic N) is 1. The smallest absolute Gasteiger partial charge is 0.339 e. The second-order valence-electron chi connectivity index (χ2n) is 5.18. The minimum Gasteiger partial charge on any atom is -0.481 e. The number of cyclic esters (lactones) is 1. The number of pyridine rings is 1. The molecular weight excluding hydrogens is 296 g/mol. The van der Waals surface area contributed by atoms with Crippen molar-refractivity contribution in [3.05, 3.63) is 59.3 Å². The summed E-state index contributed by atoms with van der Waals surface area (Å²) in [5.74, 6) is -0.264. The molecule has 0 saturated carbocycles. The Morgan fingerprint density at radius 1 is 1.35 bits per heavy atom. The molecule has 0 bridgehead atoms. The number of hydrogen-bond acceptors (Lipinski definition) is 5. The minimum atomic E-state index is -0.802. The summed E-state index contributed by atoms with van der Waals surface area (Å²) >= 11 is 0. The van der Waals surface area contributed by atoms with Crippen molar-refractivity contribution in [3.63, 3.8) is 0 Å². The zero-order valence-electron chi connectivity index (χ0n) is 12.6. The minimum absolute atomic E-state index is 0.311. The van der Waals surface area contributed by atoms with Gasteiger partial charge in [0.05, 0.1) is 12.7 Å². The molecule has 0 spiro atoms. The van der Waals surface area contributed by atoms with E-state index in [9.17, 15) is 9.59 Å². The third-order valence-electron chi connectivity index (χ3n) is 3.66. The molecule has 2 heterocycles. The van der Waals surface area contributed by atoms with Crippen molar-refractivity contribution in [2.75, 3.05) is 7.11 Å². The maximum absolute atomic E-state index is 12.2. The number of esters is 1. The van der Waals surface area contributed by atoms with Gasteiger partial charge in [-0.05, 0) is 17.2 Å². The molecule has 3 rings (SSSR count). The van der Waals surface area contributed by atoms with Crippen LogP contribution in [0.2, 0.25) is 0 Å². The standard InChI is InChI=1S/C17H16N2O4/c1-22-15-7-6-11(9-18-15)10-19-16(20)14-8-12-4-2-3-5-13(12)17(21)23-14/h2-7,9,14H,8,10H2,1H3,(H,19,20)/t14-/m0/s1. The Morgan fingerprint density at radius 2 is 2.17 bits per heavy atom. The number of nitrogens with one attached hydrogen (secondary N) is 1. The normalized spacial score (nSPS) is 16.2. The van der Waals surface area contributed by atoms with Gasteiger partial charge in [0, 0.05) is 25.2 Å². The van der Waals surface area contributed by atoms with Gasteiger partial charge >= 0.3 is 5.97 Å². The third-order valence-corrected chi connectivity index (χ3v) is 3.66. The van der Waals surface area contributed by atoms with Crippen molar-refractivity contribution in [2.24, 2.45) is 0 Å². The predicted octanol–water partition coefficient (Wildman–Crippen LogP) is 1.49. The number of methoxy groups -OCH3 is 1. The van der Waals surface area contributed by atoms with Gasteiger partial charge < -0.3 is 14.8 Å². The Bertz CT molecular complexity index is 728. The third kappa shape index (κ3) is 3.31. The number of carbonyl (C=O) groups is 2. The SMILES string of the molecule is COc1ccc(CNC(=O)[C@@H]2Cc3ccccc3C(=O)O2)cn1. The quantitative estimate of drug-likeness (QED) is 0.866. The number of carbonyl (C=O) groups excluding carboxylic acids is 2. The second kappa shape index (κ2) is 6.48. The van der Waals surface area contributed by atoms with Gasteiger partial charge in [-0.25, -0.2) is 9.78 Å². The number of fused-ring (bicyclic) bond motifs is 1. The predicted molar refractivity (Wildman–Crippen MR) is 82.0 cm³/mol. The first kappa shape index (κ1) is 15.0. The summed E-state index contributed by atoms with van der Waals surface area (Å²) in [5, 5.41) is 2.76. The highest BCUT2D eigenvalue weighted by Gasteiger charge is 2.30. The monoisotopic (exact) mass is 312 g/mol. The fraction of sp³-hybridized carbons (Fsp3) is 0.235. The van der Waals surface area contributed by atoms with E-state index in [-0.39, 0.29) is 5.91 Å². The number of amides is 1. The van der Waals surface area contributed by atoms with E-state index < -0.39 is 12.1 Å². The molecule has 0 saturated heterocycles. The second-order valence-corrected chi connectivity index (χ2v) is 5.18. The molecule has 6 nitrogen and oxygen atoms in total. The summed E-state index contributed by atoms with van der Waals surface area (Å²) in [5.41, 5.74) is 2.19. The first-order valence-electron chi connectivity index (χ1n) is 7.23. The number of aromatic nitrogens is 1. The Labute approximate surface area is 133 Å². The molecule has 23 heavy (non-hydrogen) atoms. The molecule has 1 aliphatic heterocycles. The van der Waals surface area contributed by atoms with Crippen LogP contribution in [0, 0.1) is 0 Å². The molecule has 1 aromatic carbocycles. The van der Waals surface area contributed by atoms with Crippen LogP contribution in [0.3, 0.4) is 0 Å². The van der Waals surface area contributed by atoms with Crippen molar-refractivity contribution >= 4 is 11.9 Å². The van der Waals surface area contributed by atoms with Crippen LogP contribution in [-0.4, -0.2) is 30.1 Å². The number of ether oxygens (including phenoxy) is 2. The number of rotatable bonds is 4. The highest BCUT2D eigenvalue weighted by molar-refractivity contribution is 5.95. The molecule has 1 aliphatic rings. The summed E-state index contributed by atoms with van der Waals surface area (Å²) in [6, 6.07) is 10.7. The van der Waals surface area contributed by atoms with Crippen LogP contribution in [-0.2, 0) is 22.5 Å². The topological polar surface area (TPSA) is 77.5 Å². The zero-order chi connectivity index (χ0) is 16.2. The fourth-order valence-electron chi connectivity index (χ4n) is 2.42. The van der Waals surface area contributed by atoms with Gasteiger partial charge in [-0.15, -0.1) is 0 Å². The van der Waals surface area contributed by atoms with Crippen molar-refractivity contribution in [1.29, 1.82) is 0 Å². The van der Waals surface area contributed by atoms with E-state index in [2.05, 4.69) is 10.3 Å². The van der Waals surface area contributed by atoms with Gasteiger partial charge in [0.15, 0.2) is 6.10 Å². The molecule has 1 N–H and O–H groups in total. The lowest BCUT2D eigenvalue weighted by molar-refractivity contribution is -0.130. The lowest BCUT2D eigenvalue weighted by Gasteiger charge is -2.23. The molecule has 0 aliphatic carbocycles. The number of benzene rings is 1. The van der Waals surface area contributed by atoms with E-state index in [1.54, 1.807) is 31.5 Å². The van der Waals surface area contributed by atoms with Gasteiger partial charge in [-0.2, -0.15) is 0 Å². The maximum atomic E-state index is 12.2. The van der Waals surface area contributed by atoms with Crippen LogP contribution in [0.15, 0.2) is 42.6 Å². The largest absolute Gasteiger partial charge is 0.481 e. The Hall–Kier alpha value is -2.89. The summed E-state index contributed by atoms with van der Waals surface area (Å²) < 4.78 is 10.2. The van der Waals surface area contributed by atoms with Crippen LogP contribution >= 0.6 is 0 Å². The van der Waals surface area contributed by atoms with E-state index in [0.717, 1.165) is 11.1 Å². The molecule has 0 radical (unpaired) electrons. The van der Waals surface area contributed by atoms with Crippen LogP contribution < -0.4 is 10.1 Å². The average molecular weight is 312 g/mol. The number of hydrogen-bond donors (Lipinski definition) is 1. The zero-order valence-corrected chi connectivity index (χ0v) is 12.6. The Kier molecular flexibility index (Phi) is 4.23. The van der Waals surface area contributed by atoms with Crippen molar-refractivity contribution in [2.45, 2.75) is 19.1 Å². The van der Waals surface area contributed by atoms with E-state index in [0.29, 0.717) is 24.4 Å². The summed E-state index contributed by atoms with van der Waals surface area (Å²) in [6.07, 6.45) is 1.21. The molecule has 2 aromatic rings. The van der Waals surface area contributed by atoms with Crippen molar-refractivity contribution < 1.29 is 19.1 Å². The molecular formula is C17H16N2O4. The first-order valence-corrected chi connectivity index (χ1v) is 7.23. The van der Waals surface area contributed by atoms with Gasteiger partial charge in [0.25, 0.3) is 5.91 Å². The van der Waals surface area contributed by atoms with Crippen molar-refractivity contribution in [3.8, 4) is 5.88 Å². The average Bonchev–Trinajstić information content (AvgIpc) is 2.60. The first-order chi connectivity index (χ1) is 11.2. The molecule has 1 atom stereocenters. The van der Waals surface area contributed by atoms with E-state index in [1.807, 2.05) is 18.2 Å². The van der Waals surface area contributed by atoms with Gasteiger partial charge in [-0.1, -0.05) is 24.3 Å². The van der Waals surface area contributed by atoms with Crippen LogP contribution in [0.4, 0.5) is 0 Å². The molecule has 6 heteroatoms. The fourth-order valence-corrected chi connectivity index (χ4v) is 2.42. The van der Waals surface area contributed by atoms with E-state index in [4.69, 9.17) is 9.47 Å². The highest BCUT2D eigenvalue weighted by Crippen LogP contribution is 2.20. The lowest BCUT2D eigenvalue weighted by Crippen LogP contribution is -2.41. The molecule has 0 fully saturated rings. The summed E-state index contributed by atoms with van der Waals surface area (Å²) in [6.45, 7) is 0.311. The summed E-state index contributed by atoms with van der Waals surface area (Å²) in [4.78, 5) is 28.2. The Morgan fingerprint density at radius 3 is 2.91 bits per heavy atom. The van der Waals surface area contributed by atoms with Crippen LogP contribution in [0.25, 0.3) is 0 Å². The Balaban J connectivity index is 1.61. The maximum Gasteiger partial charge on any atom is 0.339 e. The molecule has 118 valence electrons. The van der Waals surface area contributed by atoms with Gasteiger partial charge in [0.1, 0.15) is 0 Å². The molecule has 1 aromatic heterocycles. The van der Waals surface area contributed by atoms with Crippen molar-refractivity contribution in [1.82, 2.24) is 10.3 Å². The van der Waals surface area contributed by atoms with E-state index in [1.165, 1.54) is 0 Å². The van der Waals surface area contributed by atoms with Crippen LogP contribution in [0.5, 0.6) is 5.88 Å². The highest BCUT2D eigenvalue weighted by atomic mass is 16.5.